The van der Waals surface area contributed by atoms with Gasteiger partial charge in [0.25, 0.3) is 0 Å². The van der Waals surface area contributed by atoms with Gasteiger partial charge in [0.15, 0.2) is 0 Å². The van der Waals surface area contributed by atoms with Crippen LogP contribution in [-0.2, 0) is 0 Å². The van der Waals surface area contributed by atoms with Gasteiger partial charge in [-0.15, -0.1) is 0 Å². The molecule has 200 valence electrons. The van der Waals surface area contributed by atoms with E-state index >= 15 is 0 Å². The lowest BCUT2D eigenvalue weighted by Crippen LogP contribution is -1.98. The average molecular weight is 548 g/mol. The van der Waals surface area contributed by atoms with E-state index in [9.17, 15) is 1.37 Å². The first-order valence-electron chi connectivity index (χ1n) is 15.2. The average Bonchev–Trinajstić information content (AvgIpc) is 3.08. The zero-order chi connectivity index (χ0) is 29.2. The van der Waals surface area contributed by atoms with Crippen molar-refractivity contribution >= 4 is 32.3 Å². The van der Waals surface area contributed by atoms with Crippen molar-refractivity contribution in [1.82, 2.24) is 0 Å². The fraction of sp³-hybridized carbons (Fsp3) is 0. The van der Waals surface area contributed by atoms with E-state index in [-0.39, 0.29) is 0 Å². The van der Waals surface area contributed by atoms with Crippen molar-refractivity contribution in [3.8, 4) is 56.0 Å². The SMILES string of the molecule is [2H]c1cccc2c(-c3ccc4c(c3)-c3cccc5cccc(c35)O4)c3ccccc3c(-c3cccc(-c4ccccc4)c3)c12. The van der Waals surface area contributed by atoms with Crippen molar-refractivity contribution in [3.63, 3.8) is 0 Å². The lowest BCUT2D eigenvalue weighted by atomic mass is 9.84. The van der Waals surface area contributed by atoms with Gasteiger partial charge in [0.2, 0.25) is 0 Å². The number of hydrogen-bond donors (Lipinski definition) is 0. The molecule has 0 saturated carbocycles. The fourth-order valence-electron chi connectivity index (χ4n) is 6.87. The maximum Gasteiger partial charge on any atom is 0.135 e. The number of ether oxygens (including phenoxy) is 1. The van der Waals surface area contributed by atoms with Crippen molar-refractivity contribution in [2.75, 3.05) is 0 Å². The maximum atomic E-state index is 9.19. The van der Waals surface area contributed by atoms with Crippen LogP contribution in [0.25, 0.3) is 76.8 Å². The molecule has 0 bridgehead atoms. The Kier molecular flexibility index (Phi) is 5.04. The Labute approximate surface area is 251 Å². The molecule has 0 atom stereocenters. The van der Waals surface area contributed by atoms with E-state index in [1.54, 1.807) is 0 Å². The van der Waals surface area contributed by atoms with E-state index in [0.717, 1.165) is 66.4 Å². The summed E-state index contributed by atoms with van der Waals surface area (Å²) in [5.41, 5.74) is 9.08. The molecule has 1 nitrogen and oxygen atoms in total. The molecule has 8 aromatic rings. The number of fused-ring (bicyclic) bond motifs is 4. The predicted octanol–water partition coefficient (Wildman–Crippen LogP) is 11.9. The molecule has 1 heterocycles. The normalized spacial score (nSPS) is 12.2. The summed E-state index contributed by atoms with van der Waals surface area (Å²) in [6, 6.07) is 53.7. The molecule has 0 aromatic heterocycles. The van der Waals surface area contributed by atoms with Crippen LogP contribution >= 0.6 is 0 Å². The Morgan fingerprint density at radius 1 is 0.395 bits per heavy atom. The van der Waals surface area contributed by atoms with Crippen molar-refractivity contribution in [3.05, 3.63) is 158 Å². The van der Waals surface area contributed by atoms with Gasteiger partial charge in [-0.05, 0) is 90.1 Å². The number of rotatable bonds is 3. The second-order valence-electron chi connectivity index (χ2n) is 11.2. The van der Waals surface area contributed by atoms with Gasteiger partial charge in [-0.1, -0.05) is 133 Å². The Morgan fingerprint density at radius 3 is 1.86 bits per heavy atom. The Morgan fingerprint density at radius 2 is 1.02 bits per heavy atom. The van der Waals surface area contributed by atoms with Crippen LogP contribution in [0.2, 0.25) is 0 Å². The molecule has 0 spiro atoms. The standard InChI is InChI=1S/C42H26O/c1-2-11-27(12-3-1)29-15-8-16-30(25-29)40-32-17-4-6-19-34(32)41(35-20-7-5-18-33(35)40)31-23-24-38-37(26-31)36-21-9-13-28-14-10-22-39(43-38)42(28)36/h1-26H/i17D. The predicted molar refractivity (Wildman–Crippen MR) is 181 cm³/mol. The summed E-state index contributed by atoms with van der Waals surface area (Å²) in [6.45, 7) is 0. The third-order valence-electron chi connectivity index (χ3n) is 8.74. The van der Waals surface area contributed by atoms with Gasteiger partial charge < -0.3 is 4.74 Å². The van der Waals surface area contributed by atoms with Crippen LogP contribution < -0.4 is 4.74 Å². The van der Waals surface area contributed by atoms with Crippen molar-refractivity contribution in [2.24, 2.45) is 0 Å². The second kappa shape index (κ2) is 9.44. The van der Waals surface area contributed by atoms with E-state index in [2.05, 4.69) is 127 Å². The molecule has 0 unspecified atom stereocenters. The lowest BCUT2D eigenvalue weighted by molar-refractivity contribution is 0.487. The largest absolute Gasteiger partial charge is 0.456 e. The summed E-state index contributed by atoms with van der Waals surface area (Å²) in [5, 5.41) is 6.67. The molecule has 0 amide bonds. The van der Waals surface area contributed by atoms with Gasteiger partial charge in [-0.3, -0.25) is 0 Å². The fourth-order valence-corrected chi connectivity index (χ4v) is 6.87. The molecule has 0 saturated heterocycles. The third kappa shape index (κ3) is 3.72. The molecular formula is C42H26O. The summed E-state index contributed by atoms with van der Waals surface area (Å²) in [4.78, 5) is 0. The van der Waals surface area contributed by atoms with Crippen molar-refractivity contribution in [1.29, 1.82) is 0 Å². The molecule has 8 aromatic carbocycles. The van der Waals surface area contributed by atoms with Crippen LogP contribution in [0.3, 0.4) is 0 Å². The molecule has 1 aliphatic rings. The maximum absolute atomic E-state index is 9.19. The van der Waals surface area contributed by atoms with Crippen LogP contribution in [0, 0.1) is 0 Å². The highest BCUT2D eigenvalue weighted by Crippen LogP contribution is 2.49. The minimum absolute atomic E-state index is 0.523. The number of benzene rings is 8. The Hall–Kier alpha value is -5.66. The Bertz CT molecular complexity index is 2420. The highest BCUT2D eigenvalue weighted by molar-refractivity contribution is 6.21. The van der Waals surface area contributed by atoms with Gasteiger partial charge in [0.05, 0.1) is 1.37 Å². The molecule has 1 aliphatic heterocycles. The van der Waals surface area contributed by atoms with Gasteiger partial charge in [0.1, 0.15) is 11.5 Å². The van der Waals surface area contributed by atoms with Crippen LogP contribution in [0.4, 0.5) is 0 Å². The van der Waals surface area contributed by atoms with Crippen LogP contribution in [0.15, 0.2) is 158 Å². The van der Waals surface area contributed by atoms with Crippen LogP contribution in [0.1, 0.15) is 1.37 Å². The molecule has 0 radical (unpaired) electrons. The Balaban J connectivity index is 1.33. The summed E-state index contributed by atoms with van der Waals surface area (Å²) in [6.07, 6.45) is 0. The summed E-state index contributed by atoms with van der Waals surface area (Å²) < 4.78 is 15.6. The summed E-state index contributed by atoms with van der Waals surface area (Å²) >= 11 is 0. The lowest BCUT2D eigenvalue weighted by Gasteiger charge is -2.23. The zero-order valence-corrected chi connectivity index (χ0v) is 23.3. The minimum atomic E-state index is 0.523. The second-order valence-corrected chi connectivity index (χ2v) is 11.2. The van der Waals surface area contributed by atoms with Gasteiger partial charge in [-0.2, -0.15) is 0 Å². The molecule has 1 heteroatoms. The van der Waals surface area contributed by atoms with E-state index in [1.807, 2.05) is 24.3 Å². The first-order valence-corrected chi connectivity index (χ1v) is 14.7. The van der Waals surface area contributed by atoms with Gasteiger partial charge in [0, 0.05) is 10.9 Å². The van der Waals surface area contributed by atoms with Crippen LogP contribution in [-0.4, -0.2) is 0 Å². The zero-order valence-electron chi connectivity index (χ0n) is 24.3. The summed E-state index contributed by atoms with van der Waals surface area (Å²) in [5.74, 6) is 1.76. The molecule has 0 fully saturated rings. The van der Waals surface area contributed by atoms with Gasteiger partial charge >= 0.3 is 0 Å². The van der Waals surface area contributed by atoms with E-state index in [0.29, 0.717) is 6.04 Å². The van der Waals surface area contributed by atoms with Crippen LogP contribution in [0.5, 0.6) is 11.5 Å². The quantitative estimate of drug-likeness (QED) is 0.200. The highest BCUT2D eigenvalue weighted by Gasteiger charge is 2.22. The topological polar surface area (TPSA) is 9.23 Å². The first kappa shape index (κ1) is 23.0. The minimum Gasteiger partial charge on any atom is -0.456 e. The molecule has 9 rings (SSSR count). The van der Waals surface area contributed by atoms with E-state index in [1.165, 1.54) is 21.9 Å². The molecule has 0 aliphatic carbocycles. The molecular weight excluding hydrogens is 520 g/mol. The smallest absolute Gasteiger partial charge is 0.135 e. The number of hydrogen-bond acceptors (Lipinski definition) is 1. The molecule has 0 N–H and O–H groups in total. The van der Waals surface area contributed by atoms with Crippen molar-refractivity contribution < 1.29 is 6.11 Å². The summed E-state index contributed by atoms with van der Waals surface area (Å²) in [7, 11) is 0. The molecule has 43 heavy (non-hydrogen) atoms. The van der Waals surface area contributed by atoms with E-state index in [4.69, 9.17) is 4.74 Å². The highest BCUT2D eigenvalue weighted by atomic mass is 16.5. The van der Waals surface area contributed by atoms with Gasteiger partial charge in [-0.25, -0.2) is 0 Å². The first-order chi connectivity index (χ1) is 21.7. The van der Waals surface area contributed by atoms with Crippen molar-refractivity contribution in [2.45, 2.75) is 0 Å². The third-order valence-corrected chi connectivity index (χ3v) is 8.74. The monoisotopic (exact) mass is 547 g/mol. The van der Waals surface area contributed by atoms with E-state index < -0.39 is 0 Å².